The van der Waals surface area contributed by atoms with Crippen LogP contribution in [0.3, 0.4) is 0 Å². The topological polar surface area (TPSA) is 26.3 Å². The first-order valence-electron chi connectivity index (χ1n) is 7.84. The zero-order valence-electron chi connectivity index (χ0n) is 12.9. The van der Waals surface area contributed by atoms with E-state index in [4.69, 9.17) is 4.74 Å². The third-order valence-corrected chi connectivity index (χ3v) is 5.65. The Bertz CT molecular complexity index is 450. The lowest BCUT2D eigenvalue weighted by atomic mass is 10.1. The SMILES string of the molecule is O=C(OCCCCCCCCC(Br)C(F)(F)Br)c1ccccc1. The quantitative estimate of drug-likeness (QED) is 0.221. The average Bonchev–Trinajstić information content (AvgIpc) is 2.52. The number of hydrogen-bond acceptors (Lipinski definition) is 2. The molecule has 130 valence electrons. The van der Waals surface area contributed by atoms with Gasteiger partial charge in [0, 0.05) is 0 Å². The van der Waals surface area contributed by atoms with Crippen molar-refractivity contribution in [3.8, 4) is 0 Å². The summed E-state index contributed by atoms with van der Waals surface area (Å²) >= 11 is 5.35. The largest absolute Gasteiger partial charge is 0.462 e. The Hall–Kier alpha value is -0.490. The molecule has 0 radical (unpaired) electrons. The molecule has 0 aliphatic heterocycles. The molecular weight excluding hydrogens is 434 g/mol. The standard InChI is InChI=1S/C17H22Br2F2O2/c18-15(17(19,20)21)12-8-3-1-2-4-9-13-23-16(22)14-10-6-5-7-11-14/h5-7,10-11,15H,1-4,8-9,12-13H2. The molecule has 1 rings (SSSR count). The van der Waals surface area contributed by atoms with Crippen molar-refractivity contribution in [2.45, 2.75) is 54.6 Å². The molecule has 1 atom stereocenters. The van der Waals surface area contributed by atoms with Gasteiger partial charge in [-0.05, 0) is 40.9 Å². The molecule has 23 heavy (non-hydrogen) atoms. The van der Waals surface area contributed by atoms with Crippen molar-refractivity contribution in [2.24, 2.45) is 0 Å². The fourth-order valence-electron chi connectivity index (χ4n) is 2.12. The zero-order chi connectivity index (χ0) is 17.1. The molecule has 0 aliphatic carbocycles. The molecule has 0 saturated carbocycles. The lowest BCUT2D eigenvalue weighted by Crippen LogP contribution is -2.20. The Morgan fingerprint density at radius 3 is 2.22 bits per heavy atom. The van der Waals surface area contributed by atoms with E-state index in [1.807, 2.05) is 6.07 Å². The molecule has 0 saturated heterocycles. The molecule has 1 unspecified atom stereocenters. The highest BCUT2D eigenvalue weighted by molar-refractivity contribution is 9.12. The highest BCUT2D eigenvalue weighted by atomic mass is 79.9. The first-order chi connectivity index (χ1) is 10.9. The Morgan fingerprint density at radius 2 is 1.61 bits per heavy atom. The molecule has 0 N–H and O–H groups in total. The number of rotatable bonds is 11. The molecule has 1 aromatic carbocycles. The third-order valence-electron chi connectivity index (χ3n) is 3.45. The minimum Gasteiger partial charge on any atom is -0.462 e. The van der Waals surface area contributed by atoms with Crippen LogP contribution in [0.25, 0.3) is 0 Å². The van der Waals surface area contributed by atoms with Crippen molar-refractivity contribution >= 4 is 37.8 Å². The summed E-state index contributed by atoms with van der Waals surface area (Å²) in [7, 11) is 0. The fourth-order valence-corrected chi connectivity index (χ4v) is 2.67. The lowest BCUT2D eigenvalue weighted by Gasteiger charge is -2.15. The van der Waals surface area contributed by atoms with Crippen molar-refractivity contribution in [2.75, 3.05) is 6.61 Å². The Morgan fingerprint density at radius 1 is 1.04 bits per heavy atom. The second kappa shape index (κ2) is 11.1. The molecule has 0 heterocycles. The van der Waals surface area contributed by atoms with Crippen LogP contribution < -0.4 is 0 Å². The first-order valence-corrected chi connectivity index (χ1v) is 9.55. The normalized spacial score (nSPS) is 12.9. The second-order valence-electron chi connectivity index (χ2n) is 5.42. The van der Waals surface area contributed by atoms with Gasteiger partial charge in [-0.15, -0.1) is 0 Å². The van der Waals surface area contributed by atoms with E-state index < -0.39 is 9.66 Å². The molecule has 2 nitrogen and oxygen atoms in total. The van der Waals surface area contributed by atoms with E-state index in [0.29, 0.717) is 18.6 Å². The predicted molar refractivity (Wildman–Crippen MR) is 95.6 cm³/mol. The average molecular weight is 456 g/mol. The number of carbonyl (C=O) groups is 1. The van der Waals surface area contributed by atoms with E-state index in [1.54, 1.807) is 24.3 Å². The Kier molecular flexibility index (Phi) is 9.95. The summed E-state index contributed by atoms with van der Waals surface area (Å²) in [5, 5.41) is 0. The summed E-state index contributed by atoms with van der Waals surface area (Å²) in [6.45, 7) is 0.424. The molecule has 1 aromatic rings. The summed E-state index contributed by atoms with van der Waals surface area (Å²) in [6, 6.07) is 8.93. The predicted octanol–water partition coefficient (Wildman–Crippen LogP) is 6.33. The molecular formula is C17H22Br2F2O2. The molecule has 0 fully saturated rings. The Labute approximate surface area is 153 Å². The van der Waals surface area contributed by atoms with Gasteiger partial charge >= 0.3 is 10.8 Å². The van der Waals surface area contributed by atoms with Crippen molar-refractivity contribution < 1.29 is 18.3 Å². The maximum Gasteiger partial charge on any atom is 0.338 e. The number of benzene rings is 1. The van der Waals surface area contributed by atoms with Gasteiger partial charge in [0.25, 0.3) is 0 Å². The highest BCUT2D eigenvalue weighted by Crippen LogP contribution is 2.34. The molecule has 0 spiro atoms. The molecule has 0 aliphatic rings. The van der Waals surface area contributed by atoms with Crippen LogP contribution >= 0.6 is 31.9 Å². The second-order valence-corrected chi connectivity index (χ2v) is 7.58. The Balaban J connectivity index is 1.95. The minimum atomic E-state index is -2.84. The first kappa shape index (κ1) is 20.6. The minimum absolute atomic E-state index is 0.287. The number of halogens is 4. The smallest absolute Gasteiger partial charge is 0.338 e. The van der Waals surface area contributed by atoms with Crippen molar-refractivity contribution in [3.05, 3.63) is 35.9 Å². The van der Waals surface area contributed by atoms with Gasteiger partial charge < -0.3 is 4.74 Å². The zero-order valence-corrected chi connectivity index (χ0v) is 16.1. The van der Waals surface area contributed by atoms with Gasteiger partial charge in [0.15, 0.2) is 0 Å². The van der Waals surface area contributed by atoms with E-state index in [2.05, 4.69) is 31.9 Å². The summed E-state index contributed by atoms with van der Waals surface area (Å²) in [5.41, 5.74) is 0.570. The van der Waals surface area contributed by atoms with Gasteiger partial charge in [0.1, 0.15) is 0 Å². The van der Waals surface area contributed by atoms with Gasteiger partial charge in [-0.25, -0.2) is 4.79 Å². The lowest BCUT2D eigenvalue weighted by molar-refractivity contribution is 0.0497. The van der Waals surface area contributed by atoms with Crippen molar-refractivity contribution in [1.82, 2.24) is 0 Å². The van der Waals surface area contributed by atoms with Crippen LogP contribution in [0.4, 0.5) is 8.78 Å². The molecule has 6 heteroatoms. The number of ether oxygens (including phenoxy) is 1. The van der Waals surface area contributed by atoms with E-state index in [0.717, 1.165) is 38.5 Å². The highest BCUT2D eigenvalue weighted by Gasteiger charge is 2.33. The van der Waals surface area contributed by atoms with Gasteiger partial charge in [-0.3, -0.25) is 0 Å². The number of alkyl halides is 4. The van der Waals surface area contributed by atoms with Gasteiger partial charge in [0.2, 0.25) is 0 Å². The summed E-state index contributed by atoms with van der Waals surface area (Å²) in [6.07, 6.45) is 6.02. The summed E-state index contributed by atoms with van der Waals surface area (Å²) in [4.78, 5) is 8.02. The van der Waals surface area contributed by atoms with Crippen molar-refractivity contribution in [1.29, 1.82) is 0 Å². The van der Waals surface area contributed by atoms with E-state index >= 15 is 0 Å². The van der Waals surface area contributed by atoms with E-state index in [-0.39, 0.29) is 5.97 Å². The summed E-state index contributed by atoms with van der Waals surface area (Å²) in [5.74, 6) is -0.287. The number of hydrogen-bond donors (Lipinski definition) is 0. The maximum atomic E-state index is 12.8. The van der Waals surface area contributed by atoms with Crippen molar-refractivity contribution in [3.63, 3.8) is 0 Å². The number of carbonyl (C=O) groups excluding carboxylic acids is 1. The van der Waals surface area contributed by atoms with Gasteiger partial charge in [-0.2, -0.15) is 8.78 Å². The molecule has 0 bridgehead atoms. The monoisotopic (exact) mass is 454 g/mol. The third kappa shape index (κ3) is 9.40. The molecule has 0 aromatic heterocycles. The van der Waals surface area contributed by atoms with Crippen LogP contribution in [0.2, 0.25) is 0 Å². The number of esters is 1. The van der Waals surface area contributed by atoms with Crippen LogP contribution in [0.1, 0.15) is 55.3 Å². The van der Waals surface area contributed by atoms with Crippen LogP contribution in [-0.2, 0) is 4.74 Å². The van der Waals surface area contributed by atoms with E-state index in [1.165, 1.54) is 0 Å². The van der Waals surface area contributed by atoms with Crippen LogP contribution in [0.15, 0.2) is 30.3 Å². The van der Waals surface area contributed by atoms with Gasteiger partial charge in [0.05, 0.1) is 17.0 Å². The number of unbranched alkanes of at least 4 members (excludes halogenated alkanes) is 5. The van der Waals surface area contributed by atoms with E-state index in [9.17, 15) is 13.6 Å². The summed E-state index contributed by atoms with van der Waals surface area (Å²) < 4.78 is 30.9. The fraction of sp³-hybridized carbons (Fsp3) is 0.588. The van der Waals surface area contributed by atoms with Gasteiger partial charge in [-0.1, -0.05) is 66.2 Å². The maximum absolute atomic E-state index is 12.8. The molecule has 0 amide bonds. The van der Waals surface area contributed by atoms with Crippen LogP contribution in [0.5, 0.6) is 0 Å². The van der Waals surface area contributed by atoms with Crippen LogP contribution in [0, 0.1) is 0 Å². The van der Waals surface area contributed by atoms with Crippen LogP contribution in [-0.4, -0.2) is 22.2 Å².